The monoisotopic (exact) mass is 370 g/mol. The largest absolute Gasteiger partial charge is 0.497 e. The molecule has 0 aromatic heterocycles. The van der Waals surface area contributed by atoms with Gasteiger partial charge < -0.3 is 26.0 Å². The van der Waals surface area contributed by atoms with Gasteiger partial charge in [0.2, 0.25) is 5.91 Å². The number of hydrogen-bond donors (Lipinski definition) is 3. The van der Waals surface area contributed by atoms with Crippen molar-refractivity contribution in [2.45, 2.75) is 13.0 Å². The van der Waals surface area contributed by atoms with Crippen molar-refractivity contribution in [1.82, 2.24) is 10.2 Å². The number of carbonyl (C=O) groups excluding carboxylic acids is 2. The van der Waals surface area contributed by atoms with Crippen molar-refractivity contribution >= 4 is 17.6 Å². The van der Waals surface area contributed by atoms with Gasteiger partial charge in [-0.05, 0) is 56.4 Å². The fraction of sp³-hybridized carbons (Fsp3) is 0.300. The minimum atomic E-state index is -0.526. The second-order valence-electron chi connectivity index (χ2n) is 6.48. The third-order valence-corrected chi connectivity index (χ3v) is 4.32. The molecule has 7 heteroatoms. The topological polar surface area (TPSA) is 96.7 Å². The summed E-state index contributed by atoms with van der Waals surface area (Å²) in [6, 6.07) is 12.4. The molecule has 0 saturated heterocycles. The lowest BCUT2D eigenvalue weighted by atomic mass is 10.1. The highest BCUT2D eigenvalue weighted by molar-refractivity contribution is 5.97. The standard InChI is InChI=1S/C20H26N4O3/c1-13-8-9-15(11-17(13)19(21)25)23-20(26)22-12-18(24(2)3)14-6-5-7-16(10-14)27-4/h5-11,18H,12H2,1-4H3,(H2,21,25)(H2,22,23,26). The number of benzene rings is 2. The summed E-state index contributed by atoms with van der Waals surface area (Å²) in [5, 5.41) is 5.59. The van der Waals surface area contributed by atoms with Crippen molar-refractivity contribution in [3.05, 3.63) is 59.2 Å². The highest BCUT2D eigenvalue weighted by atomic mass is 16.5. The molecule has 4 N–H and O–H groups in total. The molecule has 0 radical (unpaired) electrons. The Morgan fingerprint density at radius 3 is 2.56 bits per heavy atom. The molecule has 0 aliphatic carbocycles. The molecule has 1 atom stereocenters. The number of hydrogen-bond acceptors (Lipinski definition) is 4. The van der Waals surface area contributed by atoms with Crippen molar-refractivity contribution in [3.8, 4) is 5.75 Å². The van der Waals surface area contributed by atoms with Crippen molar-refractivity contribution in [2.75, 3.05) is 33.1 Å². The molecule has 1 unspecified atom stereocenters. The van der Waals surface area contributed by atoms with Gasteiger partial charge in [-0.15, -0.1) is 0 Å². The summed E-state index contributed by atoms with van der Waals surface area (Å²) in [6.45, 7) is 2.19. The molecule has 2 rings (SSSR count). The fourth-order valence-electron chi connectivity index (χ4n) is 2.78. The summed E-state index contributed by atoms with van der Waals surface area (Å²) in [5.74, 6) is 0.240. The number of urea groups is 1. The molecule has 0 aliphatic rings. The normalized spacial score (nSPS) is 11.7. The number of ether oxygens (including phenoxy) is 1. The van der Waals surface area contributed by atoms with Crippen LogP contribution in [0.5, 0.6) is 5.75 Å². The molecule has 3 amide bonds. The molecular weight excluding hydrogens is 344 g/mol. The number of anilines is 1. The second-order valence-corrected chi connectivity index (χ2v) is 6.48. The van der Waals surface area contributed by atoms with Gasteiger partial charge in [0.25, 0.3) is 0 Å². The highest BCUT2D eigenvalue weighted by Crippen LogP contribution is 2.22. The van der Waals surface area contributed by atoms with Gasteiger partial charge in [0.15, 0.2) is 0 Å². The van der Waals surface area contributed by atoms with Crippen LogP contribution in [0.2, 0.25) is 0 Å². The van der Waals surface area contributed by atoms with Crippen LogP contribution in [0, 0.1) is 6.92 Å². The van der Waals surface area contributed by atoms with E-state index >= 15 is 0 Å². The van der Waals surface area contributed by atoms with Crippen LogP contribution in [-0.2, 0) is 0 Å². The van der Waals surface area contributed by atoms with Gasteiger partial charge in [-0.25, -0.2) is 4.79 Å². The van der Waals surface area contributed by atoms with E-state index in [-0.39, 0.29) is 12.1 Å². The van der Waals surface area contributed by atoms with Crippen molar-refractivity contribution in [3.63, 3.8) is 0 Å². The Labute approximate surface area is 159 Å². The molecule has 0 spiro atoms. The summed E-state index contributed by atoms with van der Waals surface area (Å²) in [4.78, 5) is 25.7. The third-order valence-electron chi connectivity index (χ3n) is 4.32. The van der Waals surface area contributed by atoms with Gasteiger partial charge in [-0.2, -0.15) is 0 Å². The first kappa shape index (κ1) is 20.3. The summed E-state index contributed by atoms with van der Waals surface area (Å²) in [6.07, 6.45) is 0. The van der Waals surface area contributed by atoms with Crippen LogP contribution in [0.4, 0.5) is 10.5 Å². The predicted octanol–water partition coefficient (Wildman–Crippen LogP) is 2.53. The van der Waals surface area contributed by atoms with E-state index < -0.39 is 5.91 Å². The van der Waals surface area contributed by atoms with E-state index in [1.807, 2.05) is 43.3 Å². The molecule has 144 valence electrons. The summed E-state index contributed by atoms with van der Waals surface area (Å²) in [7, 11) is 5.52. The average molecular weight is 370 g/mol. The summed E-state index contributed by atoms with van der Waals surface area (Å²) >= 11 is 0. The summed E-state index contributed by atoms with van der Waals surface area (Å²) in [5.41, 5.74) is 8.04. The molecule has 0 aliphatic heterocycles. The quantitative estimate of drug-likeness (QED) is 0.698. The summed E-state index contributed by atoms with van der Waals surface area (Å²) < 4.78 is 5.27. The van der Waals surface area contributed by atoms with Crippen LogP contribution in [0.15, 0.2) is 42.5 Å². The number of nitrogens with zero attached hydrogens (tertiary/aromatic N) is 1. The smallest absolute Gasteiger partial charge is 0.319 e. The van der Waals surface area contributed by atoms with Crippen molar-refractivity contribution in [1.29, 1.82) is 0 Å². The first-order valence-electron chi connectivity index (χ1n) is 8.57. The minimum absolute atomic E-state index is 0.0231. The molecule has 2 aromatic rings. The van der Waals surface area contributed by atoms with Crippen LogP contribution in [0.25, 0.3) is 0 Å². The van der Waals surface area contributed by atoms with Crippen LogP contribution in [-0.4, -0.2) is 44.6 Å². The predicted molar refractivity (Wildman–Crippen MR) is 106 cm³/mol. The zero-order valence-corrected chi connectivity index (χ0v) is 16.1. The Morgan fingerprint density at radius 1 is 1.19 bits per heavy atom. The molecule has 2 aromatic carbocycles. The molecule has 0 bridgehead atoms. The van der Waals surface area contributed by atoms with Gasteiger partial charge in [-0.3, -0.25) is 4.79 Å². The van der Waals surface area contributed by atoms with E-state index in [1.54, 1.807) is 32.2 Å². The fourth-order valence-corrected chi connectivity index (χ4v) is 2.78. The molecule has 27 heavy (non-hydrogen) atoms. The Hall–Kier alpha value is -3.06. The van der Waals surface area contributed by atoms with Crippen molar-refractivity contribution in [2.24, 2.45) is 5.73 Å². The van der Waals surface area contributed by atoms with E-state index in [1.165, 1.54) is 0 Å². The van der Waals surface area contributed by atoms with Crippen LogP contribution >= 0.6 is 0 Å². The second kappa shape index (κ2) is 9.05. The lowest BCUT2D eigenvalue weighted by Crippen LogP contribution is -2.37. The first-order chi connectivity index (χ1) is 12.8. The average Bonchev–Trinajstić information content (AvgIpc) is 2.63. The Morgan fingerprint density at radius 2 is 1.93 bits per heavy atom. The lowest BCUT2D eigenvalue weighted by molar-refractivity contribution is 0.0999. The number of amides is 3. The number of methoxy groups -OCH3 is 1. The van der Waals surface area contributed by atoms with E-state index in [9.17, 15) is 9.59 Å². The number of likely N-dealkylation sites (N-methyl/N-ethyl adjacent to an activating group) is 1. The van der Waals surface area contributed by atoms with E-state index in [0.717, 1.165) is 16.9 Å². The maximum atomic E-state index is 12.3. The van der Waals surface area contributed by atoms with E-state index in [4.69, 9.17) is 10.5 Å². The Balaban J connectivity index is 2.04. The number of rotatable bonds is 7. The highest BCUT2D eigenvalue weighted by Gasteiger charge is 2.16. The third kappa shape index (κ3) is 5.46. The maximum absolute atomic E-state index is 12.3. The van der Waals surface area contributed by atoms with Crippen molar-refractivity contribution < 1.29 is 14.3 Å². The van der Waals surface area contributed by atoms with E-state index in [2.05, 4.69) is 10.6 Å². The van der Waals surface area contributed by atoms with E-state index in [0.29, 0.717) is 17.8 Å². The number of nitrogens with one attached hydrogen (secondary N) is 2. The van der Waals surface area contributed by atoms with Crippen LogP contribution < -0.4 is 21.1 Å². The number of primary amides is 1. The van der Waals surface area contributed by atoms with Gasteiger partial charge in [0.05, 0.1) is 13.2 Å². The zero-order valence-electron chi connectivity index (χ0n) is 16.1. The number of carbonyl (C=O) groups is 2. The molecule has 0 fully saturated rings. The van der Waals surface area contributed by atoms with Gasteiger partial charge in [0.1, 0.15) is 5.75 Å². The van der Waals surface area contributed by atoms with Gasteiger partial charge >= 0.3 is 6.03 Å². The SMILES string of the molecule is COc1cccc(C(CNC(=O)Nc2ccc(C)c(C(N)=O)c2)N(C)C)c1. The minimum Gasteiger partial charge on any atom is -0.497 e. The van der Waals surface area contributed by atoms with Crippen LogP contribution in [0.3, 0.4) is 0 Å². The number of nitrogens with two attached hydrogens (primary N) is 1. The molecular formula is C20H26N4O3. The molecule has 7 nitrogen and oxygen atoms in total. The first-order valence-corrected chi connectivity index (χ1v) is 8.57. The Kier molecular flexibility index (Phi) is 6.79. The van der Waals surface area contributed by atoms with Gasteiger partial charge in [0, 0.05) is 17.8 Å². The Bertz CT molecular complexity index is 821. The maximum Gasteiger partial charge on any atom is 0.319 e. The van der Waals surface area contributed by atoms with Crippen LogP contribution in [0.1, 0.15) is 27.5 Å². The van der Waals surface area contributed by atoms with Gasteiger partial charge in [-0.1, -0.05) is 18.2 Å². The lowest BCUT2D eigenvalue weighted by Gasteiger charge is -2.25. The molecule has 0 saturated carbocycles. The number of aryl methyl sites for hydroxylation is 1. The zero-order chi connectivity index (χ0) is 20.0. The molecule has 0 heterocycles.